The second-order valence-electron chi connectivity index (χ2n) is 2.63. The van der Waals surface area contributed by atoms with Gasteiger partial charge in [0.2, 0.25) is 0 Å². The molecule has 1 aromatic carbocycles. The average Bonchev–Trinajstić information content (AvgIpc) is 2.07. The van der Waals surface area contributed by atoms with E-state index in [-0.39, 0.29) is 22.8 Å². The summed E-state index contributed by atoms with van der Waals surface area (Å²) >= 11 is 0. The van der Waals surface area contributed by atoms with E-state index in [2.05, 4.69) is 0 Å². The third-order valence-electron chi connectivity index (χ3n) is 1.70. The molecule has 2 N–H and O–H groups in total. The molecule has 0 spiro atoms. The number of hydrogen-bond donors (Lipinski definition) is 1. The van der Waals surface area contributed by atoms with Crippen molar-refractivity contribution in [2.24, 2.45) is 0 Å². The lowest BCUT2D eigenvalue weighted by molar-refractivity contribution is 0.101. The van der Waals surface area contributed by atoms with Gasteiger partial charge in [-0.15, -0.1) is 0 Å². The van der Waals surface area contributed by atoms with Crippen LogP contribution in [-0.4, -0.2) is 12.9 Å². The van der Waals surface area contributed by atoms with Crippen molar-refractivity contribution in [3.05, 3.63) is 23.5 Å². The molecule has 0 heterocycles. The number of hydrogen-bond acceptors (Lipinski definition) is 3. The summed E-state index contributed by atoms with van der Waals surface area (Å²) in [5.74, 6) is -0.802. The first-order chi connectivity index (χ1) is 6.06. The van der Waals surface area contributed by atoms with Crippen LogP contribution in [0.2, 0.25) is 0 Å². The fraction of sp³-hybridized carbons (Fsp3) is 0.222. The van der Waals surface area contributed by atoms with Gasteiger partial charge < -0.3 is 10.5 Å². The number of Topliss-reactive ketones (excluding diaryl/α,β-unsaturated/α-hetero) is 1. The summed E-state index contributed by atoms with van der Waals surface area (Å²) in [5.41, 5.74) is 5.91. The van der Waals surface area contributed by atoms with Gasteiger partial charge in [0.05, 0.1) is 7.11 Å². The topological polar surface area (TPSA) is 52.3 Å². The lowest BCUT2D eigenvalue weighted by Crippen LogP contribution is -2.01. The van der Waals surface area contributed by atoms with Gasteiger partial charge in [-0.1, -0.05) is 0 Å². The van der Waals surface area contributed by atoms with E-state index in [9.17, 15) is 9.18 Å². The van der Waals surface area contributed by atoms with Crippen LogP contribution in [0.4, 0.5) is 10.1 Å². The largest absolute Gasteiger partial charge is 0.494 e. The van der Waals surface area contributed by atoms with Crippen LogP contribution < -0.4 is 10.5 Å². The van der Waals surface area contributed by atoms with Gasteiger partial charge in [-0.05, 0) is 13.0 Å². The zero-order valence-corrected chi connectivity index (χ0v) is 7.43. The molecule has 3 nitrogen and oxygen atoms in total. The van der Waals surface area contributed by atoms with Gasteiger partial charge in [-0.25, -0.2) is 4.39 Å². The molecule has 0 unspecified atom stereocenters. The smallest absolute Gasteiger partial charge is 0.165 e. The van der Waals surface area contributed by atoms with Crippen molar-refractivity contribution in [3.63, 3.8) is 0 Å². The van der Waals surface area contributed by atoms with E-state index >= 15 is 0 Å². The standard InChI is InChI=1S/C9H10FNO2/c1-5(12)6-3-7(10)9(13-2)4-8(6)11/h3-4H,11H2,1-2H3. The van der Waals surface area contributed by atoms with Crippen LogP contribution in [0.25, 0.3) is 0 Å². The van der Waals surface area contributed by atoms with Gasteiger partial charge in [0, 0.05) is 17.3 Å². The first-order valence-electron chi connectivity index (χ1n) is 3.70. The number of benzene rings is 1. The number of ketones is 1. The summed E-state index contributed by atoms with van der Waals surface area (Å²) < 4.78 is 17.8. The molecule has 0 bridgehead atoms. The highest BCUT2D eigenvalue weighted by Gasteiger charge is 2.10. The Kier molecular flexibility index (Phi) is 2.51. The normalized spacial score (nSPS) is 9.77. The molecule has 0 atom stereocenters. The number of nitrogens with two attached hydrogens (primary N) is 1. The summed E-state index contributed by atoms with van der Waals surface area (Å²) in [6.07, 6.45) is 0. The number of methoxy groups -OCH3 is 1. The molecule has 0 aliphatic rings. The number of ether oxygens (including phenoxy) is 1. The summed E-state index contributed by atoms with van der Waals surface area (Å²) in [6, 6.07) is 2.38. The molecule has 0 aliphatic carbocycles. The molecule has 0 saturated heterocycles. The maximum absolute atomic E-state index is 13.1. The minimum Gasteiger partial charge on any atom is -0.494 e. The Morgan fingerprint density at radius 2 is 2.15 bits per heavy atom. The van der Waals surface area contributed by atoms with E-state index in [4.69, 9.17) is 10.5 Å². The highest BCUT2D eigenvalue weighted by Crippen LogP contribution is 2.23. The Bertz CT molecular complexity index is 350. The Morgan fingerprint density at radius 1 is 1.54 bits per heavy atom. The number of rotatable bonds is 2. The van der Waals surface area contributed by atoms with E-state index in [0.717, 1.165) is 6.07 Å². The van der Waals surface area contributed by atoms with E-state index < -0.39 is 5.82 Å². The van der Waals surface area contributed by atoms with Crippen LogP contribution in [0.15, 0.2) is 12.1 Å². The molecule has 0 aliphatic heterocycles. The van der Waals surface area contributed by atoms with Crippen molar-refractivity contribution in [3.8, 4) is 5.75 Å². The predicted octanol–water partition coefficient (Wildman–Crippen LogP) is 1.62. The summed E-state index contributed by atoms with van der Waals surface area (Å²) in [5, 5.41) is 0. The third kappa shape index (κ3) is 1.77. The van der Waals surface area contributed by atoms with Gasteiger partial charge in [-0.2, -0.15) is 0 Å². The van der Waals surface area contributed by atoms with Crippen molar-refractivity contribution < 1.29 is 13.9 Å². The van der Waals surface area contributed by atoms with Crippen LogP contribution in [-0.2, 0) is 0 Å². The minimum absolute atomic E-state index is 0.0440. The maximum Gasteiger partial charge on any atom is 0.165 e. The monoisotopic (exact) mass is 183 g/mol. The van der Waals surface area contributed by atoms with Gasteiger partial charge in [0.1, 0.15) is 0 Å². The lowest BCUT2D eigenvalue weighted by Gasteiger charge is -2.06. The Labute approximate surface area is 75.3 Å². The van der Waals surface area contributed by atoms with Crippen LogP contribution in [0.3, 0.4) is 0 Å². The zero-order chi connectivity index (χ0) is 10.0. The fourth-order valence-electron chi connectivity index (χ4n) is 1.03. The first-order valence-corrected chi connectivity index (χ1v) is 3.70. The molecule has 1 rings (SSSR count). The van der Waals surface area contributed by atoms with Gasteiger partial charge in [0.25, 0.3) is 0 Å². The van der Waals surface area contributed by atoms with Gasteiger partial charge >= 0.3 is 0 Å². The summed E-state index contributed by atoms with van der Waals surface area (Å²) in [4.78, 5) is 10.9. The zero-order valence-electron chi connectivity index (χ0n) is 7.43. The Morgan fingerprint density at radius 3 is 2.62 bits per heavy atom. The van der Waals surface area contributed by atoms with E-state index in [1.807, 2.05) is 0 Å². The minimum atomic E-state index is -0.582. The molecule has 0 saturated carbocycles. The van der Waals surface area contributed by atoms with Crippen molar-refractivity contribution in [1.82, 2.24) is 0 Å². The number of halogens is 1. The molecule has 0 amide bonds. The first kappa shape index (κ1) is 9.51. The molecular weight excluding hydrogens is 173 g/mol. The number of nitrogen functional groups attached to an aromatic ring is 1. The van der Waals surface area contributed by atoms with Crippen molar-refractivity contribution in [1.29, 1.82) is 0 Å². The molecule has 70 valence electrons. The van der Waals surface area contributed by atoms with Crippen molar-refractivity contribution in [2.75, 3.05) is 12.8 Å². The Hall–Kier alpha value is -1.58. The average molecular weight is 183 g/mol. The van der Waals surface area contributed by atoms with Crippen molar-refractivity contribution >= 4 is 11.5 Å². The van der Waals surface area contributed by atoms with Gasteiger partial charge in [-0.3, -0.25) is 4.79 Å². The highest BCUT2D eigenvalue weighted by atomic mass is 19.1. The van der Waals surface area contributed by atoms with Crippen molar-refractivity contribution in [2.45, 2.75) is 6.92 Å². The summed E-state index contributed by atoms with van der Waals surface area (Å²) in [7, 11) is 1.34. The highest BCUT2D eigenvalue weighted by molar-refractivity contribution is 5.99. The van der Waals surface area contributed by atoms with E-state index in [0.29, 0.717) is 0 Å². The van der Waals surface area contributed by atoms with E-state index in [1.165, 1.54) is 20.1 Å². The molecule has 0 radical (unpaired) electrons. The van der Waals surface area contributed by atoms with E-state index in [1.54, 1.807) is 0 Å². The molecule has 4 heteroatoms. The quantitative estimate of drug-likeness (QED) is 0.560. The second kappa shape index (κ2) is 3.43. The number of carbonyl (C=O) groups is 1. The molecular formula is C9H10FNO2. The Balaban J connectivity index is 3.28. The number of anilines is 1. The lowest BCUT2D eigenvalue weighted by atomic mass is 10.1. The van der Waals surface area contributed by atoms with Crippen LogP contribution in [0.5, 0.6) is 5.75 Å². The molecule has 13 heavy (non-hydrogen) atoms. The molecule has 1 aromatic rings. The SMILES string of the molecule is COc1cc(N)c(C(C)=O)cc1F. The van der Waals surface area contributed by atoms with Crippen LogP contribution in [0, 0.1) is 5.82 Å². The van der Waals surface area contributed by atoms with Crippen LogP contribution in [0.1, 0.15) is 17.3 Å². The second-order valence-corrected chi connectivity index (χ2v) is 2.63. The van der Waals surface area contributed by atoms with Crippen LogP contribution >= 0.6 is 0 Å². The number of carbonyl (C=O) groups excluding carboxylic acids is 1. The fourth-order valence-corrected chi connectivity index (χ4v) is 1.03. The molecule has 0 fully saturated rings. The summed E-state index contributed by atoms with van der Waals surface area (Å²) in [6.45, 7) is 1.33. The third-order valence-corrected chi connectivity index (χ3v) is 1.70. The molecule has 0 aromatic heterocycles. The maximum atomic E-state index is 13.1. The van der Waals surface area contributed by atoms with Gasteiger partial charge in [0.15, 0.2) is 17.3 Å². The predicted molar refractivity (Wildman–Crippen MR) is 47.4 cm³/mol.